The van der Waals surface area contributed by atoms with Crippen molar-refractivity contribution in [1.82, 2.24) is 15.5 Å². The number of carboxylic acid groups (broad SMARTS) is 1. The molecule has 194 valence electrons. The van der Waals surface area contributed by atoms with Gasteiger partial charge < -0.3 is 48.7 Å². The molecule has 1 fully saturated rings. The fourth-order valence-corrected chi connectivity index (χ4v) is 3.66. The van der Waals surface area contributed by atoms with Crippen LogP contribution in [0.1, 0.15) is 44.9 Å². The van der Waals surface area contributed by atoms with Gasteiger partial charge in [0, 0.05) is 13.1 Å². The number of aliphatic carboxylic acids is 1. The maximum absolute atomic E-state index is 13.0. The number of aliphatic hydroxyl groups excluding tert-OH is 1. The van der Waals surface area contributed by atoms with Gasteiger partial charge in [0.15, 0.2) is 5.96 Å². The van der Waals surface area contributed by atoms with E-state index in [1.807, 2.05) is 0 Å². The van der Waals surface area contributed by atoms with Crippen molar-refractivity contribution < 1.29 is 29.4 Å². The molecule has 0 aromatic rings. The van der Waals surface area contributed by atoms with Gasteiger partial charge in [0.2, 0.25) is 17.7 Å². The molecule has 1 rings (SSSR count). The number of hydrogen-bond acceptors (Lipinski definition) is 8. The lowest BCUT2D eigenvalue weighted by Gasteiger charge is -2.28. The summed E-state index contributed by atoms with van der Waals surface area (Å²) in [7, 11) is 0. The van der Waals surface area contributed by atoms with E-state index >= 15 is 0 Å². The second kappa shape index (κ2) is 15.0. The molecule has 14 nitrogen and oxygen atoms in total. The Morgan fingerprint density at radius 1 is 1.06 bits per heavy atom. The number of hydrogen-bond donors (Lipinski definition) is 8. The summed E-state index contributed by atoms with van der Waals surface area (Å²) in [6, 6.07) is -4.19. The van der Waals surface area contributed by atoms with Gasteiger partial charge in [-0.2, -0.15) is 0 Å². The minimum atomic E-state index is -1.19. The van der Waals surface area contributed by atoms with Crippen LogP contribution < -0.4 is 33.6 Å². The molecule has 34 heavy (non-hydrogen) atoms. The number of nitrogens with zero attached hydrogens (tertiary/aromatic N) is 2. The molecule has 0 spiro atoms. The van der Waals surface area contributed by atoms with Crippen molar-refractivity contribution >= 4 is 29.7 Å². The molecule has 14 heteroatoms. The smallest absolute Gasteiger partial charge is 0.326 e. The molecule has 0 aromatic heterocycles. The molecule has 0 saturated carbocycles. The first-order valence-corrected chi connectivity index (χ1v) is 11.4. The topological polar surface area (TPSA) is 252 Å². The average molecular weight is 487 g/mol. The number of carbonyl (C=O) groups is 4. The van der Waals surface area contributed by atoms with Crippen LogP contribution in [-0.4, -0.2) is 95.2 Å². The molecule has 0 aromatic carbocycles. The molecule has 1 aliphatic heterocycles. The van der Waals surface area contributed by atoms with E-state index in [1.54, 1.807) is 0 Å². The molecular weight excluding hydrogens is 448 g/mol. The predicted octanol–water partition coefficient (Wildman–Crippen LogP) is -3.47. The molecule has 4 unspecified atom stereocenters. The summed E-state index contributed by atoms with van der Waals surface area (Å²) in [5.74, 6) is -3.09. The Morgan fingerprint density at radius 3 is 2.32 bits per heavy atom. The standard InChI is InChI=1S/C20H38N8O6/c21-8-2-1-5-14(19(33)34)27-16(30)13(6-3-9-25-20(23)24)26-17(31)15-7-4-10-28(15)18(32)12(22)11-29/h12-15,29H,1-11,21-22H2,(H,26,31)(H,27,30)(H,33,34)(H4,23,24,25). The van der Waals surface area contributed by atoms with Crippen molar-refractivity contribution in [3.63, 3.8) is 0 Å². The number of carbonyl (C=O) groups excluding carboxylic acids is 3. The van der Waals surface area contributed by atoms with Crippen LogP contribution in [0, 0.1) is 0 Å². The van der Waals surface area contributed by atoms with Crippen LogP contribution in [0.25, 0.3) is 0 Å². The third-order valence-electron chi connectivity index (χ3n) is 5.49. The highest BCUT2D eigenvalue weighted by atomic mass is 16.4. The van der Waals surface area contributed by atoms with Crippen molar-refractivity contribution in [3.8, 4) is 0 Å². The Kier molecular flexibility index (Phi) is 12.8. The van der Waals surface area contributed by atoms with Crippen molar-refractivity contribution in [2.75, 3.05) is 26.2 Å². The van der Waals surface area contributed by atoms with E-state index in [9.17, 15) is 24.3 Å². The summed E-state index contributed by atoms with van der Waals surface area (Å²) in [6.07, 6.45) is 2.72. The van der Waals surface area contributed by atoms with E-state index in [-0.39, 0.29) is 25.3 Å². The Balaban J connectivity index is 2.92. The number of nitrogens with two attached hydrogens (primary N) is 4. The van der Waals surface area contributed by atoms with Crippen molar-refractivity contribution in [2.24, 2.45) is 27.9 Å². The minimum Gasteiger partial charge on any atom is -0.480 e. The molecular formula is C20H38N8O6. The molecule has 1 heterocycles. The summed E-state index contributed by atoms with van der Waals surface area (Å²) in [5, 5.41) is 23.7. The van der Waals surface area contributed by atoms with Crippen LogP contribution in [0.4, 0.5) is 0 Å². The first-order chi connectivity index (χ1) is 16.1. The Bertz CT molecular complexity index is 730. The highest BCUT2D eigenvalue weighted by molar-refractivity contribution is 5.94. The van der Waals surface area contributed by atoms with E-state index in [4.69, 9.17) is 28.0 Å². The predicted molar refractivity (Wildman–Crippen MR) is 124 cm³/mol. The van der Waals surface area contributed by atoms with Crippen molar-refractivity contribution in [2.45, 2.75) is 69.1 Å². The average Bonchev–Trinajstić information content (AvgIpc) is 3.29. The third kappa shape index (κ3) is 9.49. The van der Waals surface area contributed by atoms with E-state index in [2.05, 4.69) is 15.6 Å². The first kappa shape index (κ1) is 29.1. The summed E-state index contributed by atoms with van der Waals surface area (Å²) < 4.78 is 0. The summed E-state index contributed by atoms with van der Waals surface area (Å²) in [4.78, 5) is 55.0. The van der Waals surface area contributed by atoms with Gasteiger partial charge in [0.05, 0.1) is 6.61 Å². The summed E-state index contributed by atoms with van der Waals surface area (Å²) in [5.41, 5.74) is 21.7. The van der Waals surface area contributed by atoms with Crippen LogP contribution in [0.3, 0.4) is 0 Å². The minimum absolute atomic E-state index is 0.115. The fraction of sp³-hybridized carbons (Fsp3) is 0.750. The van der Waals surface area contributed by atoms with E-state index < -0.39 is 54.5 Å². The molecule has 4 atom stereocenters. The number of amides is 3. The van der Waals surface area contributed by atoms with Crippen LogP contribution in [0.5, 0.6) is 0 Å². The number of likely N-dealkylation sites (tertiary alicyclic amines) is 1. The lowest BCUT2D eigenvalue weighted by molar-refractivity contribution is -0.143. The van der Waals surface area contributed by atoms with Crippen LogP contribution >= 0.6 is 0 Å². The fourth-order valence-electron chi connectivity index (χ4n) is 3.66. The maximum atomic E-state index is 13.0. The zero-order chi connectivity index (χ0) is 25.7. The largest absolute Gasteiger partial charge is 0.480 e. The van der Waals surface area contributed by atoms with Crippen LogP contribution in [-0.2, 0) is 19.2 Å². The van der Waals surface area contributed by atoms with E-state index in [0.717, 1.165) is 0 Å². The highest BCUT2D eigenvalue weighted by Crippen LogP contribution is 2.19. The van der Waals surface area contributed by atoms with Gasteiger partial charge in [-0.25, -0.2) is 4.79 Å². The number of rotatable bonds is 15. The van der Waals surface area contributed by atoms with Crippen molar-refractivity contribution in [3.05, 3.63) is 0 Å². The molecule has 0 radical (unpaired) electrons. The SMILES string of the molecule is NCCCCC(NC(=O)C(CCCN=C(N)N)NC(=O)C1CCCN1C(=O)C(N)CO)C(=O)O. The maximum Gasteiger partial charge on any atom is 0.326 e. The first-order valence-electron chi connectivity index (χ1n) is 11.4. The lowest BCUT2D eigenvalue weighted by atomic mass is 10.1. The Morgan fingerprint density at radius 2 is 1.74 bits per heavy atom. The number of nitrogens with one attached hydrogen (secondary N) is 2. The normalized spacial score (nSPS) is 18.0. The molecule has 3 amide bonds. The highest BCUT2D eigenvalue weighted by Gasteiger charge is 2.37. The molecule has 1 saturated heterocycles. The Labute approximate surface area is 198 Å². The van der Waals surface area contributed by atoms with Gasteiger partial charge in [-0.1, -0.05) is 0 Å². The number of carboxylic acids is 1. The number of unbranched alkanes of at least 4 members (excludes halogenated alkanes) is 1. The van der Waals surface area contributed by atoms with Gasteiger partial charge in [-0.15, -0.1) is 0 Å². The second-order valence-corrected chi connectivity index (χ2v) is 8.17. The zero-order valence-electron chi connectivity index (χ0n) is 19.3. The van der Waals surface area contributed by atoms with Gasteiger partial charge in [0.25, 0.3) is 0 Å². The number of aliphatic imine (C=N–C) groups is 1. The lowest BCUT2D eigenvalue weighted by Crippen LogP contribution is -2.57. The summed E-state index contributed by atoms with van der Waals surface area (Å²) in [6.45, 7) is 0.356. The van der Waals surface area contributed by atoms with E-state index in [0.29, 0.717) is 45.2 Å². The van der Waals surface area contributed by atoms with Crippen LogP contribution in [0.15, 0.2) is 4.99 Å². The number of aliphatic hydroxyl groups is 1. The third-order valence-corrected chi connectivity index (χ3v) is 5.49. The quantitative estimate of drug-likeness (QED) is 0.0644. The zero-order valence-corrected chi connectivity index (χ0v) is 19.3. The number of guanidine groups is 1. The second-order valence-electron chi connectivity index (χ2n) is 8.17. The van der Waals surface area contributed by atoms with Crippen molar-refractivity contribution in [1.29, 1.82) is 0 Å². The molecule has 0 bridgehead atoms. The molecule has 0 aliphatic carbocycles. The summed E-state index contributed by atoms with van der Waals surface area (Å²) >= 11 is 0. The van der Waals surface area contributed by atoms with Gasteiger partial charge in [0.1, 0.15) is 24.2 Å². The Hall–Kier alpha value is -2.97. The van der Waals surface area contributed by atoms with E-state index in [1.165, 1.54) is 4.90 Å². The molecule has 12 N–H and O–H groups in total. The van der Waals surface area contributed by atoms with Gasteiger partial charge in [-0.3, -0.25) is 19.4 Å². The van der Waals surface area contributed by atoms with Gasteiger partial charge >= 0.3 is 5.97 Å². The van der Waals surface area contributed by atoms with Crippen LogP contribution in [0.2, 0.25) is 0 Å². The monoisotopic (exact) mass is 486 g/mol. The molecule has 1 aliphatic rings. The van der Waals surface area contributed by atoms with Gasteiger partial charge in [-0.05, 0) is 51.5 Å².